The van der Waals surface area contributed by atoms with Crippen LogP contribution in [0, 0.1) is 5.92 Å². The molecule has 0 radical (unpaired) electrons. The first kappa shape index (κ1) is 13.8. The topological polar surface area (TPSA) is 88.2 Å². The van der Waals surface area contributed by atoms with Crippen LogP contribution in [0.5, 0.6) is 0 Å². The van der Waals surface area contributed by atoms with Gasteiger partial charge in [-0.25, -0.2) is 8.42 Å². The minimum Gasteiger partial charge on any atom is -0.387 e. The van der Waals surface area contributed by atoms with Crippen LogP contribution < -0.4 is 10.6 Å². The van der Waals surface area contributed by atoms with Gasteiger partial charge in [-0.3, -0.25) is 9.78 Å². The predicted molar refractivity (Wildman–Crippen MR) is 72.9 cm³/mol. The van der Waals surface area contributed by atoms with E-state index in [1.165, 1.54) is 6.20 Å². The zero-order valence-corrected chi connectivity index (χ0v) is 11.5. The lowest BCUT2D eigenvalue weighted by atomic mass is 10.1. The van der Waals surface area contributed by atoms with E-state index in [1.807, 2.05) is 0 Å². The second kappa shape index (κ2) is 5.56. The van der Waals surface area contributed by atoms with Crippen LogP contribution in [0.1, 0.15) is 16.8 Å². The molecule has 2 N–H and O–H groups in total. The third kappa shape index (κ3) is 3.44. The number of nitrogens with zero attached hydrogens (tertiary/aromatic N) is 1. The van der Waals surface area contributed by atoms with Gasteiger partial charge >= 0.3 is 0 Å². The summed E-state index contributed by atoms with van der Waals surface area (Å²) in [6, 6.07) is 1.72. The Balaban J connectivity index is 1.95. The summed E-state index contributed by atoms with van der Waals surface area (Å²) >= 11 is 0. The third-order valence-corrected chi connectivity index (χ3v) is 5.05. The average Bonchev–Trinajstić information content (AvgIpc) is 2.75. The van der Waals surface area contributed by atoms with Gasteiger partial charge in [0.25, 0.3) is 5.91 Å². The highest BCUT2D eigenvalue weighted by atomic mass is 32.2. The molecular weight excluding hydrogens is 266 g/mol. The summed E-state index contributed by atoms with van der Waals surface area (Å²) in [5, 5.41) is 5.69. The first-order chi connectivity index (χ1) is 9.02. The molecule has 0 aromatic carbocycles. The summed E-state index contributed by atoms with van der Waals surface area (Å²) in [4.78, 5) is 15.9. The van der Waals surface area contributed by atoms with E-state index in [-0.39, 0.29) is 23.3 Å². The van der Waals surface area contributed by atoms with Crippen molar-refractivity contribution in [2.75, 3.05) is 30.4 Å². The maximum absolute atomic E-state index is 12.0. The van der Waals surface area contributed by atoms with Gasteiger partial charge in [-0.05, 0) is 18.4 Å². The fraction of sp³-hybridized carbons (Fsp3) is 0.500. The van der Waals surface area contributed by atoms with E-state index in [2.05, 4.69) is 15.6 Å². The first-order valence-electron chi connectivity index (χ1n) is 6.12. The van der Waals surface area contributed by atoms with Gasteiger partial charge in [0.1, 0.15) is 0 Å². The smallest absolute Gasteiger partial charge is 0.254 e. The lowest BCUT2D eigenvalue weighted by Crippen LogP contribution is -2.30. The molecule has 0 aliphatic carbocycles. The zero-order chi connectivity index (χ0) is 13.9. The van der Waals surface area contributed by atoms with Crippen LogP contribution in [-0.4, -0.2) is 44.4 Å². The molecule has 0 spiro atoms. The molecule has 1 aliphatic rings. The van der Waals surface area contributed by atoms with Crippen LogP contribution in [0.3, 0.4) is 0 Å². The molecule has 0 bridgehead atoms. The number of aromatic nitrogens is 1. The standard InChI is InChI=1S/C12H17N3O3S/c1-13-11-2-4-14-7-10(11)12(16)15-6-9-3-5-19(17,18)8-9/h2,4,7,9H,3,5-6,8H2,1H3,(H,13,14)(H,15,16). The molecule has 19 heavy (non-hydrogen) atoms. The maximum atomic E-state index is 12.0. The fourth-order valence-corrected chi connectivity index (χ4v) is 4.02. The number of nitrogens with one attached hydrogen (secondary N) is 2. The molecule has 2 heterocycles. The van der Waals surface area contributed by atoms with E-state index in [4.69, 9.17) is 0 Å². The lowest BCUT2D eigenvalue weighted by molar-refractivity contribution is 0.0949. The molecule has 1 fully saturated rings. The van der Waals surface area contributed by atoms with Gasteiger partial charge in [0, 0.05) is 31.7 Å². The minimum atomic E-state index is -2.90. The third-order valence-electron chi connectivity index (χ3n) is 3.21. The van der Waals surface area contributed by atoms with E-state index in [0.29, 0.717) is 24.2 Å². The van der Waals surface area contributed by atoms with Crippen LogP contribution >= 0.6 is 0 Å². The molecule has 1 saturated heterocycles. The number of rotatable bonds is 4. The second-order valence-corrected chi connectivity index (χ2v) is 6.88. The summed E-state index contributed by atoms with van der Waals surface area (Å²) in [6.45, 7) is 0.385. The molecule has 1 atom stereocenters. The normalized spacial score (nSPS) is 21.0. The van der Waals surface area contributed by atoms with Crippen molar-refractivity contribution in [3.63, 3.8) is 0 Å². The molecule has 1 aliphatic heterocycles. The molecule has 7 heteroatoms. The van der Waals surface area contributed by atoms with Crippen molar-refractivity contribution in [2.45, 2.75) is 6.42 Å². The fourth-order valence-electron chi connectivity index (χ4n) is 2.16. The van der Waals surface area contributed by atoms with Crippen molar-refractivity contribution in [2.24, 2.45) is 5.92 Å². The van der Waals surface area contributed by atoms with Gasteiger partial charge in [-0.2, -0.15) is 0 Å². The monoisotopic (exact) mass is 283 g/mol. The number of pyridine rings is 1. The maximum Gasteiger partial charge on any atom is 0.254 e. The van der Waals surface area contributed by atoms with E-state index in [0.717, 1.165) is 0 Å². The Morgan fingerprint density at radius 2 is 2.32 bits per heavy atom. The molecular formula is C12H17N3O3S. The Morgan fingerprint density at radius 1 is 1.53 bits per heavy atom. The first-order valence-corrected chi connectivity index (χ1v) is 7.94. The Morgan fingerprint density at radius 3 is 2.95 bits per heavy atom. The van der Waals surface area contributed by atoms with Crippen molar-refractivity contribution in [1.29, 1.82) is 0 Å². The van der Waals surface area contributed by atoms with Gasteiger partial charge in [-0.1, -0.05) is 0 Å². The van der Waals surface area contributed by atoms with E-state index in [1.54, 1.807) is 19.3 Å². The second-order valence-electron chi connectivity index (χ2n) is 4.65. The summed E-state index contributed by atoms with van der Waals surface area (Å²) in [6.07, 6.45) is 3.72. The van der Waals surface area contributed by atoms with Crippen LogP contribution in [0.4, 0.5) is 5.69 Å². The number of anilines is 1. The van der Waals surface area contributed by atoms with Gasteiger partial charge in [0.15, 0.2) is 9.84 Å². The van der Waals surface area contributed by atoms with Crippen molar-refractivity contribution in [3.05, 3.63) is 24.0 Å². The Hall–Kier alpha value is -1.63. The zero-order valence-electron chi connectivity index (χ0n) is 10.7. The van der Waals surface area contributed by atoms with E-state index < -0.39 is 9.84 Å². The summed E-state index contributed by atoms with van der Waals surface area (Å²) in [5.41, 5.74) is 1.16. The summed E-state index contributed by atoms with van der Waals surface area (Å²) < 4.78 is 22.6. The molecule has 1 aromatic heterocycles. The van der Waals surface area contributed by atoms with Crippen LogP contribution in [0.2, 0.25) is 0 Å². The van der Waals surface area contributed by atoms with Gasteiger partial charge in [-0.15, -0.1) is 0 Å². The number of amides is 1. The molecule has 1 unspecified atom stereocenters. The lowest BCUT2D eigenvalue weighted by Gasteiger charge is -2.11. The average molecular weight is 283 g/mol. The predicted octanol–water partition coefficient (Wildman–Crippen LogP) is 0.288. The van der Waals surface area contributed by atoms with E-state index in [9.17, 15) is 13.2 Å². The minimum absolute atomic E-state index is 0.0173. The quantitative estimate of drug-likeness (QED) is 0.829. The Bertz CT molecular complexity index is 571. The van der Waals surface area contributed by atoms with Gasteiger partial charge in [0.05, 0.1) is 17.1 Å². The molecule has 6 nitrogen and oxygen atoms in total. The largest absolute Gasteiger partial charge is 0.387 e. The molecule has 2 rings (SSSR count). The van der Waals surface area contributed by atoms with Crippen molar-refractivity contribution in [3.8, 4) is 0 Å². The van der Waals surface area contributed by atoms with Crippen LogP contribution in [0.15, 0.2) is 18.5 Å². The number of sulfone groups is 1. The van der Waals surface area contributed by atoms with E-state index >= 15 is 0 Å². The summed E-state index contributed by atoms with van der Waals surface area (Å²) in [5.74, 6) is 0.173. The molecule has 0 saturated carbocycles. The Kier molecular flexibility index (Phi) is 4.04. The van der Waals surface area contributed by atoms with Gasteiger partial charge in [0.2, 0.25) is 0 Å². The highest BCUT2D eigenvalue weighted by Gasteiger charge is 2.28. The summed E-state index contributed by atoms with van der Waals surface area (Å²) in [7, 11) is -1.17. The van der Waals surface area contributed by atoms with Crippen molar-refractivity contribution < 1.29 is 13.2 Å². The SMILES string of the molecule is CNc1ccncc1C(=O)NCC1CCS(=O)(=O)C1. The number of carbonyl (C=O) groups is 1. The van der Waals surface area contributed by atoms with Crippen molar-refractivity contribution in [1.82, 2.24) is 10.3 Å². The highest BCUT2D eigenvalue weighted by molar-refractivity contribution is 7.91. The van der Waals surface area contributed by atoms with Crippen LogP contribution in [0.25, 0.3) is 0 Å². The molecule has 1 aromatic rings. The molecule has 104 valence electrons. The number of carbonyl (C=O) groups excluding carboxylic acids is 1. The Labute approximate surface area is 112 Å². The highest BCUT2D eigenvalue weighted by Crippen LogP contribution is 2.18. The van der Waals surface area contributed by atoms with Crippen LogP contribution in [-0.2, 0) is 9.84 Å². The molecule has 1 amide bonds. The number of hydrogen-bond acceptors (Lipinski definition) is 5. The number of hydrogen-bond donors (Lipinski definition) is 2. The van der Waals surface area contributed by atoms with Crippen molar-refractivity contribution >= 4 is 21.4 Å². The van der Waals surface area contributed by atoms with Gasteiger partial charge < -0.3 is 10.6 Å².